The smallest absolute Gasteiger partial charge is 0.405 e. The first-order valence-corrected chi connectivity index (χ1v) is 6.50. The number of carbonyl (C=O) groups is 1. The summed E-state index contributed by atoms with van der Waals surface area (Å²) in [4.78, 5) is 11.1. The van der Waals surface area contributed by atoms with E-state index in [0.29, 0.717) is 17.7 Å². The van der Waals surface area contributed by atoms with E-state index in [2.05, 4.69) is 0 Å². The number of benzene rings is 2. The summed E-state index contributed by atoms with van der Waals surface area (Å²) in [5.41, 5.74) is 13.2. The number of ether oxygens (including phenoxy) is 1. The molecule has 0 radical (unpaired) electrons. The molecule has 5 heteroatoms. The zero-order valence-electron chi connectivity index (χ0n) is 11.5. The van der Waals surface area contributed by atoms with E-state index in [1.54, 1.807) is 24.3 Å². The third-order valence-corrected chi connectivity index (χ3v) is 3.10. The maximum atomic E-state index is 11.1. The molecule has 21 heavy (non-hydrogen) atoms. The highest BCUT2D eigenvalue weighted by molar-refractivity contribution is 6.02. The first-order chi connectivity index (χ1) is 10.1. The largest absolute Gasteiger partial charge is 0.435 e. The second-order valence-corrected chi connectivity index (χ2v) is 4.54. The van der Waals surface area contributed by atoms with E-state index in [9.17, 15) is 4.79 Å². The van der Waals surface area contributed by atoms with Crippen LogP contribution in [-0.2, 0) is 11.3 Å². The molecular formula is C16H17N3O2. The van der Waals surface area contributed by atoms with E-state index in [1.165, 1.54) is 0 Å². The summed E-state index contributed by atoms with van der Waals surface area (Å²) in [6.45, 7) is 0.438. The van der Waals surface area contributed by atoms with Gasteiger partial charge in [-0.05, 0) is 16.7 Å². The quantitative estimate of drug-likeness (QED) is 0.734. The second-order valence-electron chi connectivity index (χ2n) is 4.54. The summed E-state index contributed by atoms with van der Waals surface area (Å²) >= 11 is 0. The van der Waals surface area contributed by atoms with Gasteiger partial charge in [0.25, 0.3) is 0 Å². The van der Waals surface area contributed by atoms with Gasteiger partial charge in [0, 0.05) is 6.54 Å². The van der Waals surface area contributed by atoms with Crippen molar-refractivity contribution in [2.24, 2.45) is 11.5 Å². The van der Waals surface area contributed by atoms with E-state index in [4.69, 9.17) is 21.6 Å². The molecule has 0 aliphatic carbocycles. The number of nitrogens with two attached hydrogens (primary N) is 2. The minimum absolute atomic E-state index is 0.170. The molecule has 0 fully saturated rings. The van der Waals surface area contributed by atoms with Gasteiger partial charge in [0.2, 0.25) is 0 Å². The summed E-state index contributed by atoms with van der Waals surface area (Å²) in [6, 6.07) is 16.3. The first kappa shape index (κ1) is 14.7. The van der Waals surface area contributed by atoms with Crippen molar-refractivity contribution >= 4 is 11.8 Å². The Hall–Kier alpha value is -2.66. The maximum absolute atomic E-state index is 11.1. The number of hydrogen-bond acceptors (Lipinski definition) is 4. The predicted octanol–water partition coefficient (Wildman–Crippen LogP) is 2.35. The predicted molar refractivity (Wildman–Crippen MR) is 81.0 cm³/mol. The zero-order chi connectivity index (χ0) is 15.2. The van der Waals surface area contributed by atoms with Crippen LogP contribution < -0.4 is 11.5 Å². The SMILES string of the molecule is N=C(c1ccc(CN)cc1)C(OC(N)=O)c1ccccc1. The lowest BCUT2D eigenvalue weighted by molar-refractivity contribution is 0.137. The van der Waals surface area contributed by atoms with Crippen molar-refractivity contribution in [3.05, 3.63) is 71.3 Å². The molecule has 0 saturated carbocycles. The van der Waals surface area contributed by atoms with E-state index in [1.807, 2.05) is 30.3 Å². The molecule has 2 rings (SSSR count). The molecule has 1 unspecified atom stereocenters. The van der Waals surface area contributed by atoms with Crippen LogP contribution >= 0.6 is 0 Å². The number of hydrogen-bond donors (Lipinski definition) is 3. The molecule has 0 aromatic heterocycles. The molecule has 0 aliphatic rings. The molecule has 0 aliphatic heterocycles. The number of carbonyl (C=O) groups excluding carboxylic acids is 1. The molecule has 0 bridgehead atoms. The topological polar surface area (TPSA) is 102 Å². The van der Waals surface area contributed by atoms with Crippen molar-refractivity contribution < 1.29 is 9.53 Å². The number of nitrogens with one attached hydrogen (secondary N) is 1. The Morgan fingerprint density at radius 3 is 2.24 bits per heavy atom. The lowest BCUT2D eigenvalue weighted by atomic mass is 9.98. The van der Waals surface area contributed by atoms with Crippen LogP contribution in [0.3, 0.4) is 0 Å². The molecular weight excluding hydrogens is 266 g/mol. The van der Waals surface area contributed by atoms with Gasteiger partial charge in [-0.1, -0.05) is 54.6 Å². The summed E-state index contributed by atoms with van der Waals surface area (Å²) in [7, 11) is 0. The van der Waals surface area contributed by atoms with E-state index >= 15 is 0 Å². The van der Waals surface area contributed by atoms with Gasteiger partial charge in [-0.3, -0.25) is 0 Å². The minimum atomic E-state index is -0.910. The maximum Gasteiger partial charge on any atom is 0.405 e. The highest BCUT2D eigenvalue weighted by Crippen LogP contribution is 2.22. The Bertz CT molecular complexity index is 624. The average molecular weight is 283 g/mol. The normalized spacial score (nSPS) is 11.7. The van der Waals surface area contributed by atoms with Gasteiger partial charge in [-0.15, -0.1) is 0 Å². The molecule has 2 aromatic carbocycles. The zero-order valence-corrected chi connectivity index (χ0v) is 11.5. The van der Waals surface area contributed by atoms with Crippen LogP contribution in [0.1, 0.15) is 22.8 Å². The van der Waals surface area contributed by atoms with Crippen LogP contribution in [0.2, 0.25) is 0 Å². The Balaban J connectivity index is 2.31. The first-order valence-electron chi connectivity index (χ1n) is 6.50. The number of primary amides is 1. The molecule has 0 heterocycles. The Labute approximate surface area is 123 Å². The van der Waals surface area contributed by atoms with Crippen molar-refractivity contribution in [1.82, 2.24) is 0 Å². The number of rotatable bonds is 5. The molecule has 108 valence electrons. The second kappa shape index (κ2) is 6.67. The number of amides is 1. The van der Waals surface area contributed by atoms with Crippen molar-refractivity contribution in [2.45, 2.75) is 12.6 Å². The Morgan fingerprint density at radius 1 is 1.10 bits per heavy atom. The highest BCUT2D eigenvalue weighted by atomic mass is 16.6. The van der Waals surface area contributed by atoms with Crippen LogP contribution in [0, 0.1) is 5.41 Å². The summed E-state index contributed by atoms with van der Waals surface area (Å²) in [6.07, 6.45) is -1.74. The fourth-order valence-electron chi connectivity index (χ4n) is 2.01. The van der Waals surface area contributed by atoms with E-state index in [-0.39, 0.29) is 5.71 Å². The van der Waals surface area contributed by atoms with Gasteiger partial charge in [-0.2, -0.15) is 0 Å². The van der Waals surface area contributed by atoms with Crippen LogP contribution in [0.5, 0.6) is 0 Å². The van der Waals surface area contributed by atoms with Crippen molar-refractivity contribution in [3.8, 4) is 0 Å². The summed E-state index contributed by atoms with van der Waals surface area (Å²) in [5.74, 6) is 0. The van der Waals surface area contributed by atoms with Gasteiger partial charge >= 0.3 is 6.09 Å². The fourth-order valence-corrected chi connectivity index (χ4v) is 2.01. The minimum Gasteiger partial charge on any atom is -0.435 e. The Morgan fingerprint density at radius 2 is 1.71 bits per heavy atom. The van der Waals surface area contributed by atoms with E-state index in [0.717, 1.165) is 5.56 Å². The van der Waals surface area contributed by atoms with Crippen molar-refractivity contribution in [3.63, 3.8) is 0 Å². The standard InChI is InChI=1S/C16H17N3O2/c17-10-11-6-8-12(9-7-11)14(18)15(21-16(19)20)13-4-2-1-3-5-13/h1-9,15,18H,10,17H2,(H2,19,20). The molecule has 2 aromatic rings. The lowest BCUT2D eigenvalue weighted by Crippen LogP contribution is -2.23. The average Bonchev–Trinajstić information content (AvgIpc) is 2.53. The fraction of sp³-hybridized carbons (Fsp3) is 0.125. The molecule has 1 atom stereocenters. The molecule has 0 spiro atoms. The monoisotopic (exact) mass is 283 g/mol. The molecule has 5 nitrogen and oxygen atoms in total. The molecule has 5 N–H and O–H groups in total. The van der Waals surface area contributed by atoms with Gasteiger partial charge < -0.3 is 21.6 Å². The van der Waals surface area contributed by atoms with Gasteiger partial charge in [0.15, 0.2) is 6.10 Å². The van der Waals surface area contributed by atoms with Gasteiger partial charge in [0.05, 0.1) is 5.71 Å². The third kappa shape index (κ3) is 3.67. The summed E-state index contributed by atoms with van der Waals surface area (Å²) in [5, 5.41) is 8.28. The Kier molecular flexibility index (Phi) is 4.68. The lowest BCUT2D eigenvalue weighted by Gasteiger charge is -2.18. The van der Waals surface area contributed by atoms with Crippen molar-refractivity contribution in [1.29, 1.82) is 5.41 Å². The molecule has 1 amide bonds. The van der Waals surface area contributed by atoms with Crippen LogP contribution in [0.4, 0.5) is 4.79 Å². The molecule has 0 saturated heterocycles. The van der Waals surface area contributed by atoms with Gasteiger partial charge in [0.1, 0.15) is 0 Å². The summed E-state index contributed by atoms with van der Waals surface area (Å²) < 4.78 is 5.10. The van der Waals surface area contributed by atoms with Crippen LogP contribution in [0.25, 0.3) is 0 Å². The van der Waals surface area contributed by atoms with Gasteiger partial charge in [-0.25, -0.2) is 4.79 Å². The van der Waals surface area contributed by atoms with Crippen molar-refractivity contribution in [2.75, 3.05) is 0 Å². The highest BCUT2D eigenvalue weighted by Gasteiger charge is 2.21. The van der Waals surface area contributed by atoms with Crippen LogP contribution in [0.15, 0.2) is 54.6 Å². The third-order valence-electron chi connectivity index (χ3n) is 3.10. The van der Waals surface area contributed by atoms with E-state index < -0.39 is 12.2 Å². The van der Waals surface area contributed by atoms with Crippen LogP contribution in [-0.4, -0.2) is 11.8 Å².